The van der Waals surface area contributed by atoms with Crippen LogP contribution in [-0.4, -0.2) is 9.97 Å². The lowest BCUT2D eigenvalue weighted by Gasteiger charge is -1.90. The molecule has 0 aliphatic heterocycles. The lowest BCUT2D eigenvalue weighted by Crippen LogP contribution is -1.91. The molecule has 0 saturated carbocycles. The van der Waals surface area contributed by atoms with Crippen LogP contribution in [0.2, 0.25) is 0 Å². The first-order valence-corrected chi connectivity index (χ1v) is 3.06. The monoisotopic (exact) mass is 133 g/mol. The van der Waals surface area contributed by atoms with Gasteiger partial charge < -0.3 is 0 Å². The highest BCUT2D eigenvalue weighted by atomic mass is 14.8. The molecule has 0 fully saturated rings. The van der Waals surface area contributed by atoms with E-state index >= 15 is 0 Å². The van der Waals surface area contributed by atoms with Crippen LogP contribution in [0.3, 0.4) is 0 Å². The van der Waals surface area contributed by atoms with E-state index in [0.717, 1.165) is 5.82 Å². The second kappa shape index (κ2) is 3.57. The minimum atomic E-state index is 0.490. The SMILES string of the molecule is N#CCCc1ncccn1. The van der Waals surface area contributed by atoms with Crippen LogP contribution < -0.4 is 0 Å². The standard InChI is InChI=1S/C7H7N3/c8-4-1-3-7-9-5-2-6-10-7/h2,5-6H,1,3H2. The summed E-state index contributed by atoms with van der Waals surface area (Å²) in [4.78, 5) is 7.91. The molecule has 1 rings (SSSR count). The Morgan fingerprint density at radius 3 is 2.70 bits per heavy atom. The molecule has 10 heavy (non-hydrogen) atoms. The first-order chi connectivity index (χ1) is 4.93. The Morgan fingerprint density at radius 2 is 2.10 bits per heavy atom. The number of nitrogens with zero attached hydrogens (tertiary/aromatic N) is 3. The van der Waals surface area contributed by atoms with Crippen LogP contribution in [-0.2, 0) is 6.42 Å². The smallest absolute Gasteiger partial charge is 0.129 e. The second-order valence-corrected chi connectivity index (χ2v) is 1.82. The van der Waals surface area contributed by atoms with Gasteiger partial charge in [0.05, 0.1) is 6.07 Å². The van der Waals surface area contributed by atoms with Crippen LogP contribution in [0.25, 0.3) is 0 Å². The third-order valence-corrected chi connectivity index (χ3v) is 1.08. The van der Waals surface area contributed by atoms with E-state index in [9.17, 15) is 0 Å². The fraction of sp³-hybridized carbons (Fsp3) is 0.286. The molecule has 0 aliphatic carbocycles. The first kappa shape index (κ1) is 6.69. The fourth-order valence-corrected chi connectivity index (χ4v) is 0.627. The molecule has 0 aliphatic rings. The Bertz CT molecular complexity index is 224. The minimum Gasteiger partial charge on any atom is -0.241 e. The molecule has 0 spiro atoms. The summed E-state index contributed by atoms with van der Waals surface area (Å²) in [5.41, 5.74) is 0. The van der Waals surface area contributed by atoms with Crippen LogP contribution >= 0.6 is 0 Å². The van der Waals surface area contributed by atoms with Gasteiger partial charge in [0.2, 0.25) is 0 Å². The maximum Gasteiger partial charge on any atom is 0.129 e. The molecule has 3 nitrogen and oxygen atoms in total. The number of aromatic nitrogens is 2. The normalized spacial score (nSPS) is 8.70. The summed E-state index contributed by atoms with van der Waals surface area (Å²) < 4.78 is 0. The Balaban J connectivity index is 2.52. The van der Waals surface area contributed by atoms with Crippen molar-refractivity contribution in [2.45, 2.75) is 12.8 Å². The highest BCUT2D eigenvalue weighted by Crippen LogP contribution is 1.91. The van der Waals surface area contributed by atoms with Gasteiger partial charge in [0.1, 0.15) is 5.82 Å². The van der Waals surface area contributed by atoms with Crippen LogP contribution in [0.5, 0.6) is 0 Å². The number of rotatable bonds is 2. The van der Waals surface area contributed by atoms with Crippen LogP contribution in [0, 0.1) is 11.3 Å². The van der Waals surface area contributed by atoms with Crippen molar-refractivity contribution in [2.24, 2.45) is 0 Å². The van der Waals surface area contributed by atoms with Gasteiger partial charge in [-0.05, 0) is 6.07 Å². The van der Waals surface area contributed by atoms with E-state index in [4.69, 9.17) is 5.26 Å². The summed E-state index contributed by atoms with van der Waals surface area (Å²) in [5, 5.41) is 8.22. The van der Waals surface area contributed by atoms with Crippen molar-refractivity contribution in [2.75, 3.05) is 0 Å². The first-order valence-electron chi connectivity index (χ1n) is 3.06. The lowest BCUT2D eigenvalue weighted by atomic mass is 10.3. The summed E-state index contributed by atoms with van der Waals surface area (Å²) >= 11 is 0. The van der Waals surface area contributed by atoms with Gasteiger partial charge in [0, 0.05) is 25.2 Å². The Morgan fingerprint density at radius 1 is 1.40 bits per heavy atom. The fourth-order valence-electron chi connectivity index (χ4n) is 0.627. The predicted molar refractivity (Wildman–Crippen MR) is 36.0 cm³/mol. The number of hydrogen-bond donors (Lipinski definition) is 0. The molecule has 0 radical (unpaired) electrons. The zero-order valence-electron chi connectivity index (χ0n) is 5.49. The third-order valence-electron chi connectivity index (χ3n) is 1.08. The van der Waals surface area contributed by atoms with Crippen molar-refractivity contribution < 1.29 is 0 Å². The molecule has 0 atom stereocenters. The maximum atomic E-state index is 8.22. The van der Waals surface area contributed by atoms with E-state index in [1.54, 1.807) is 18.5 Å². The maximum absolute atomic E-state index is 8.22. The van der Waals surface area contributed by atoms with E-state index in [-0.39, 0.29) is 0 Å². The molecule has 0 aromatic carbocycles. The molecule has 1 aromatic rings. The second-order valence-electron chi connectivity index (χ2n) is 1.82. The number of aryl methyl sites for hydroxylation is 1. The van der Waals surface area contributed by atoms with Gasteiger partial charge in [0.25, 0.3) is 0 Å². The summed E-state index contributed by atoms with van der Waals surface area (Å²) in [7, 11) is 0. The Hall–Kier alpha value is -1.43. The Labute approximate surface area is 59.4 Å². The van der Waals surface area contributed by atoms with Crippen LogP contribution in [0.4, 0.5) is 0 Å². The van der Waals surface area contributed by atoms with Crippen molar-refractivity contribution in [3.63, 3.8) is 0 Å². The van der Waals surface area contributed by atoms with Crippen molar-refractivity contribution in [1.29, 1.82) is 5.26 Å². The Kier molecular flexibility index (Phi) is 2.39. The summed E-state index contributed by atoms with van der Waals surface area (Å²) in [6, 6.07) is 3.80. The van der Waals surface area contributed by atoms with Crippen molar-refractivity contribution in [3.8, 4) is 6.07 Å². The van der Waals surface area contributed by atoms with Gasteiger partial charge in [-0.3, -0.25) is 0 Å². The molecule has 1 heterocycles. The molecule has 0 unspecified atom stereocenters. The molecule has 0 amide bonds. The zero-order chi connectivity index (χ0) is 7.23. The number of hydrogen-bond acceptors (Lipinski definition) is 3. The van der Waals surface area contributed by atoms with Crippen molar-refractivity contribution >= 4 is 0 Å². The molecular formula is C7H7N3. The highest BCUT2D eigenvalue weighted by Gasteiger charge is 1.90. The van der Waals surface area contributed by atoms with Gasteiger partial charge in [0.15, 0.2) is 0 Å². The molecule has 50 valence electrons. The largest absolute Gasteiger partial charge is 0.241 e. The average Bonchev–Trinajstić information content (AvgIpc) is 2.03. The van der Waals surface area contributed by atoms with E-state index in [2.05, 4.69) is 9.97 Å². The van der Waals surface area contributed by atoms with Crippen molar-refractivity contribution in [3.05, 3.63) is 24.3 Å². The molecule has 1 aromatic heterocycles. The third kappa shape index (κ3) is 1.82. The van der Waals surface area contributed by atoms with Gasteiger partial charge in [-0.1, -0.05) is 0 Å². The zero-order valence-corrected chi connectivity index (χ0v) is 5.49. The molecule has 0 saturated heterocycles. The predicted octanol–water partition coefficient (Wildman–Crippen LogP) is 0.933. The molecule has 3 heteroatoms. The van der Waals surface area contributed by atoms with Gasteiger partial charge in [-0.2, -0.15) is 5.26 Å². The van der Waals surface area contributed by atoms with Crippen molar-refractivity contribution in [1.82, 2.24) is 9.97 Å². The topological polar surface area (TPSA) is 49.6 Å². The summed E-state index contributed by atoms with van der Waals surface area (Å²) in [6.45, 7) is 0. The van der Waals surface area contributed by atoms with Crippen LogP contribution in [0.1, 0.15) is 12.2 Å². The van der Waals surface area contributed by atoms with E-state index in [0.29, 0.717) is 12.8 Å². The molecule has 0 N–H and O–H groups in total. The molecule has 0 bridgehead atoms. The highest BCUT2D eigenvalue weighted by molar-refractivity contribution is 4.90. The number of nitriles is 1. The van der Waals surface area contributed by atoms with E-state index in [1.807, 2.05) is 6.07 Å². The summed E-state index contributed by atoms with van der Waals surface area (Å²) in [5.74, 6) is 0.740. The quantitative estimate of drug-likeness (QED) is 0.603. The van der Waals surface area contributed by atoms with Crippen LogP contribution in [0.15, 0.2) is 18.5 Å². The van der Waals surface area contributed by atoms with E-state index < -0.39 is 0 Å². The van der Waals surface area contributed by atoms with E-state index in [1.165, 1.54) is 0 Å². The summed E-state index contributed by atoms with van der Waals surface area (Å²) in [6.07, 6.45) is 4.50. The van der Waals surface area contributed by atoms with Gasteiger partial charge in [-0.15, -0.1) is 0 Å². The average molecular weight is 133 g/mol. The lowest BCUT2D eigenvalue weighted by molar-refractivity contribution is 0.884. The minimum absolute atomic E-state index is 0.490. The van der Waals surface area contributed by atoms with Gasteiger partial charge in [-0.25, -0.2) is 9.97 Å². The molecular weight excluding hydrogens is 126 g/mol. The van der Waals surface area contributed by atoms with Gasteiger partial charge >= 0.3 is 0 Å².